The molecule has 7 nitrogen and oxygen atoms in total. The highest BCUT2D eigenvalue weighted by atomic mass is 16.5. The number of hydrogen-bond acceptors (Lipinski definition) is 7. The first kappa shape index (κ1) is 13.9. The molecule has 1 saturated carbocycles. The number of rotatable bonds is 4. The second-order valence-corrected chi connectivity index (χ2v) is 5.25. The van der Waals surface area contributed by atoms with Crippen molar-refractivity contribution in [3.05, 3.63) is 18.0 Å². The fourth-order valence-corrected chi connectivity index (χ4v) is 2.68. The Bertz CT molecular complexity index is 575. The molecule has 2 heterocycles. The van der Waals surface area contributed by atoms with E-state index in [4.69, 9.17) is 9.26 Å². The summed E-state index contributed by atoms with van der Waals surface area (Å²) in [7, 11) is 3.57. The second-order valence-electron chi connectivity index (χ2n) is 5.25. The summed E-state index contributed by atoms with van der Waals surface area (Å²) in [5, 5.41) is 15.3. The monoisotopic (exact) mass is 289 g/mol. The molecule has 0 bridgehead atoms. The zero-order valence-corrected chi connectivity index (χ0v) is 12.2. The Labute approximate surface area is 123 Å². The summed E-state index contributed by atoms with van der Waals surface area (Å²) < 4.78 is 10.4. The van der Waals surface area contributed by atoms with Gasteiger partial charge in [-0.15, -0.1) is 10.2 Å². The zero-order valence-electron chi connectivity index (χ0n) is 12.2. The molecule has 0 saturated heterocycles. The Kier molecular flexibility index (Phi) is 4.10. The number of methoxy groups -OCH3 is 1. The summed E-state index contributed by atoms with van der Waals surface area (Å²) in [6.07, 6.45) is 4.42. The minimum Gasteiger partial charge on any atom is -0.480 e. The van der Waals surface area contributed by atoms with E-state index >= 15 is 0 Å². The fourth-order valence-electron chi connectivity index (χ4n) is 2.68. The first-order chi connectivity index (χ1) is 10.3. The van der Waals surface area contributed by atoms with E-state index in [1.54, 1.807) is 19.2 Å². The van der Waals surface area contributed by atoms with Gasteiger partial charge in [0, 0.05) is 18.0 Å². The van der Waals surface area contributed by atoms with E-state index in [2.05, 4.69) is 25.7 Å². The fraction of sp³-hybridized carbons (Fsp3) is 0.571. The van der Waals surface area contributed by atoms with Gasteiger partial charge in [-0.2, -0.15) is 4.98 Å². The van der Waals surface area contributed by atoms with Crippen molar-refractivity contribution in [3.63, 3.8) is 0 Å². The molecule has 0 unspecified atom stereocenters. The van der Waals surface area contributed by atoms with Crippen LogP contribution in [0, 0.1) is 0 Å². The van der Waals surface area contributed by atoms with Gasteiger partial charge in [0.2, 0.25) is 17.6 Å². The normalized spacial score (nSPS) is 22.2. The van der Waals surface area contributed by atoms with E-state index in [1.165, 1.54) is 0 Å². The average Bonchev–Trinajstić information content (AvgIpc) is 3.05. The average molecular weight is 289 g/mol. The highest BCUT2D eigenvalue weighted by molar-refractivity contribution is 5.47. The Morgan fingerprint density at radius 2 is 2.00 bits per heavy atom. The maximum atomic E-state index is 5.40. The second kappa shape index (κ2) is 6.17. The van der Waals surface area contributed by atoms with Crippen LogP contribution in [-0.2, 0) is 0 Å². The van der Waals surface area contributed by atoms with Crippen LogP contribution in [0.25, 0.3) is 11.5 Å². The van der Waals surface area contributed by atoms with Crippen LogP contribution in [0.15, 0.2) is 16.7 Å². The molecule has 1 fully saturated rings. The summed E-state index contributed by atoms with van der Waals surface area (Å²) in [5.74, 6) is 2.00. The molecule has 1 N–H and O–H groups in total. The van der Waals surface area contributed by atoms with Crippen LogP contribution in [0.4, 0.5) is 0 Å². The molecular weight excluding hydrogens is 270 g/mol. The molecule has 0 spiro atoms. The van der Waals surface area contributed by atoms with E-state index in [-0.39, 0.29) is 0 Å². The molecule has 0 radical (unpaired) electrons. The SMILES string of the molecule is CNC1CCC(c2nc(-c3ccc(OC)nn3)no2)CC1. The molecule has 3 rings (SSSR count). The van der Waals surface area contributed by atoms with Gasteiger partial charge < -0.3 is 14.6 Å². The number of ether oxygens (including phenoxy) is 1. The quantitative estimate of drug-likeness (QED) is 0.918. The molecule has 7 heteroatoms. The van der Waals surface area contributed by atoms with Crippen LogP contribution in [0.5, 0.6) is 5.88 Å². The summed E-state index contributed by atoms with van der Waals surface area (Å²) >= 11 is 0. The maximum Gasteiger partial charge on any atom is 0.233 e. The Morgan fingerprint density at radius 3 is 2.62 bits per heavy atom. The third-order valence-electron chi connectivity index (χ3n) is 4.00. The lowest BCUT2D eigenvalue weighted by atomic mass is 9.86. The lowest BCUT2D eigenvalue weighted by Gasteiger charge is -2.25. The lowest BCUT2D eigenvalue weighted by molar-refractivity contribution is 0.288. The molecule has 0 atom stereocenters. The van der Waals surface area contributed by atoms with Crippen LogP contribution < -0.4 is 10.1 Å². The van der Waals surface area contributed by atoms with Crippen LogP contribution in [0.2, 0.25) is 0 Å². The van der Waals surface area contributed by atoms with Gasteiger partial charge in [-0.1, -0.05) is 5.16 Å². The van der Waals surface area contributed by atoms with Crippen molar-refractivity contribution in [2.75, 3.05) is 14.2 Å². The van der Waals surface area contributed by atoms with E-state index in [1.807, 2.05) is 7.05 Å². The molecule has 1 aliphatic carbocycles. The van der Waals surface area contributed by atoms with E-state index < -0.39 is 0 Å². The van der Waals surface area contributed by atoms with Crippen LogP contribution in [0.1, 0.15) is 37.5 Å². The van der Waals surface area contributed by atoms with Crippen LogP contribution in [-0.4, -0.2) is 40.5 Å². The van der Waals surface area contributed by atoms with Crippen molar-refractivity contribution in [1.82, 2.24) is 25.7 Å². The standard InChI is InChI=1S/C14H19N5O2/c1-15-10-5-3-9(4-6-10)14-16-13(19-21-14)11-7-8-12(20-2)18-17-11/h7-10,15H,3-6H2,1-2H3. The van der Waals surface area contributed by atoms with Gasteiger partial charge in [-0.3, -0.25) is 0 Å². The smallest absolute Gasteiger partial charge is 0.233 e. The van der Waals surface area contributed by atoms with Gasteiger partial charge in [0.25, 0.3) is 0 Å². The van der Waals surface area contributed by atoms with Crippen LogP contribution in [0.3, 0.4) is 0 Å². The molecule has 0 amide bonds. The maximum absolute atomic E-state index is 5.40. The van der Waals surface area contributed by atoms with Crippen molar-refractivity contribution in [3.8, 4) is 17.4 Å². The van der Waals surface area contributed by atoms with Crippen molar-refractivity contribution >= 4 is 0 Å². The molecule has 0 aromatic carbocycles. The van der Waals surface area contributed by atoms with Crippen LogP contribution >= 0.6 is 0 Å². The predicted molar refractivity (Wildman–Crippen MR) is 75.9 cm³/mol. The molecule has 2 aromatic rings. The zero-order chi connectivity index (χ0) is 14.7. The van der Waals surface area contributed by atoms with Crippen molar-refractivity contribution < 1.29 is 9.26 Å². The number of aromatic nitrogens is 4. The van der Waals surface area contributed by atoms with E-state index in [0.29, 0.717) is 35.2 Å². The van der Waals surface area contributed by atoms with Gasteiger partial charge in [-0.05, 0) is 38.8 Å². The third-order valence-corrected chi connectivity index (χ3v) is 4.00. The lowest BCUT2D eigenvalue weighted by Crippen LogP contribution is -2.29. The van der Waals surface area contributed by atoms with Gasteiger partial charge in [-0.25, -0.2) is 0 Å². The highest BCUT2D eigenvalue weighted by Gasteiger charge is 2.26. The first-order valence-electron chi connectivity index (χ1n) is 7.19. The van der Waals surface area contributed by atoms with E-state index in [9.17, 15) is 0 Å². The third kappa shape index (κ3) is 3.02. The van der Waals surface area contributed by atoms with E-state index in [0.717, 1.165) is 25.7 Å². The minimum absolute atomic E-state index is 0.349. The largest absolute Gasteiger partial charge is 0.480 e. The van der Waals surface area contributed by atoms with Crippen molar-refractivity contribution in [1.29, 1.82) is 0 Å². The summed E-state index contributed by atoms with van der Waals surface area (Å²) in [6, 6.07) is 4.12. The molecule has 2 aromatic heterocycles. The van der Waals surface area contributed by atoms with Gasteiger partial charge >= 0.3 is 0 Å². The topological polar surface area (TPSA) is 86.0 Å². The number of nitrogens with one attached hydrogen (secondary N) is 1. The van der Waals surface area contributed by atoms with Gasteiger partial charge in [0.15, 0.2) is 0 Å². The Morgan fingerprint density at radius 1 is 1.19 bits per heavy atom. The summed E-state index contributed by atoms with van der Waals surface area (Å²) in [6.45, 7) is 0. The summed E-state index contributed by atoms with van der Waals surface area (Å²) in [5.41, 5.74) is 0.592. The predicted octanol–water partition coefficient (Wildman–Crippen LogP) is 1.78. The molecular formula is C14H19N5O2. The van der Waals surface area contributed by atoms with Gasteiger partial charge in [0.05, 0.1) is 7.11 Å². The van der Waals surface area contributed by atoms with Gasteiger partial charge in [0.1, 0.15) is 5.69 Å². The van der Waals surface area contributed by atoms with Crippen molar-refractivity contribution in [2.24, 2.45) is 0 Å². The Balaban J connectivity index is 1.71. The first-order valence-corrected chi connectivity index (χ1v) is 7.19. The Hall–Kier alpha value is -2.02. The van der Waals surface area contributed by atoms with Crippen molar-refractivity contribution in [2.45, 2.75) is 37.6 Å². The molecule has 0 aliphatic heterocycles. The minimum atomic E-state index is 0.349. The summed E-state index contributed by atoms with van der Waals surface area (Å²) in [4.78, 5) is 4.47. The molecule has 112 valence electrons. The number of hydrogen-bond donors (Lipinski definition) is 1. The number of nitrogens with zero attached hydrogens (tertiary/aromatic N) is 4. The highest BCUT2D eigenvalue weighted by Crippen LogP contribution is 2.32. The molecule has 21 heavy (non-hydrogen) atoms. The molecule has 1 aliphatic rings.